The third-order valence-corrected chi connectivity index (χ3v) is 4.19. The molecule has 2 heterocycles. The van der Waals surface area contributed by atoms with E-state index in [4.69, 9.17) is 10.5 Å². The van der Waals surface area contributed by atoms with Gasteiger partial charge in [-0.2, -0.15) is 0 Å². The Bertz CT molecular complexity index is 489. The van der Waals surface area contributed by atoms with Gasteiger partial charge in [-0.15, -0.1) is 0 Å². The average Bonchev–Trinajstić information content (AvgIpc) is 2.85. The summed E-state index contributed by atoms with van der Waals surface area (Å²) in [5.41, 5.74) is 8.14. The van der Waals surface area contributed by atoms with Gasteiger partial charge in [0.25, 0.3) is 5.91 Å². The first kappa shape index (κ1) is 12.6. The smallest absolute Gasteiger partial charge is 0.256 e. The lowest BCUT2D eigenvalue weighted by molar-refractivity contribution is -0.128. The number of nitrogens with zero attached hydrogens (tertiary/aromatic N) is 1. The number of carbonyl (C=O) groups excluding carboxylic acids is 1. The van der Waals surface area contributed by atoms with E-state index >= 15 is 0 Å². The molecule has 0 bridgehead atoms. The van der Waals surface area contributed by atoms with Crippen molar-refractivity contribution < 1.29 is 9.53 Å². The van der Waals surface area contributed by atoms with Crippen LogP contribution in [0.4, 0.5) is 5.69 Å². The van der Waals surface area contributed by atoms with Gasteiger partial charge >= 0.3 is 0 Å². The van der Waals surface area contributed by atoms with E-state index in [1.54, 1.807) is 0 Å². The third kappa shape index (κ3) is 2.15. The molecule has 0 radical (unpaired) electrons. The van der Waals surface area contributed by atoms with Crippen LogP contribution < -0.4 is 10.6 Å². The third-order valence-electron chi connectivity index (χ3n) is 4.19. The maximum absolute atomic E-state index is 12.6. The van der Waals surface area contributed by atoms with Gasteiger partial charge in [-0.3, -0.25) is 4.79 Å². The minimum atomic E-state index is -0.289. The highest BCUT2D eigenvalue weighted by atomic mass is 16.5. The fourth-order valence-electron chi connectivity index (χ4n) is 2.98. The number of ether oxygens (including phenoxy) is 1. The lowest BCUT2D eigenvalue weighted by Gasteiger charge is -2.34. The summed E-state index contributed by atoms with van der Waals surface area (Å²) in [6.07, 6.45) is 1.48. The highest BCUT2D eigenvalue weighted by molar-refractivity contribution is 5.98. The number of fused-ring (bicyclic) bond motifs is 1. The quantitative estimate of drug-likeness (QED) is 0.838. The van der Waals surface area contributed by atoms with Crippen LogP contribution in [0.3, 0.4) is 0 Å². The maximum Gasteiger partial charge on any atom is 0.256 e. The van der Waals surface area contributed by atoms with E-state index in [1.165, 1.54) is 0 Å². The predicted molar refractivity (Wildman–Crippen MR) is 73.9 cm³/mol. The van der Waals surface area contributed by atoms with E-state index < -0.39 is 0 Å². The summed E-state index contributed by atoms with van der Waals surface area (Å²) >= 11 is 0. The van der Waals surface area contributed by atoms with Crippen LogP contribution in [0.25, 0.3) is 0 Å². The molecule has 3 atom stereocenters. The molecule has 0 spiro atoms. The molecule has 2 aliphatic heterocycles. The summed E-state index contributed by atoms with van der Waals surface area (Å²) in [6, 6.07) is 7.95. The van der Waals surface area contributed by atoms with Crippen molar-refractivity contribution >= 4 is 11.6 Å². The number of hydrogen-bond acceptors (Lipinski definition) is 3. The second-order valence-corrected chi connectivity index (χ2v) is 5.50. The van der Waals surface area contributed by atoms with Gasteiger partial charge in [-0.1, -0.05) is 25.1 Å². The second kappa shape index (κ2) is 4.94. The highest BCUT2D eigenvalue weighted by Gasteiger charge is 2.36. The predicted octanol–water partition coefficient (Wildman–Crippen LogP) is 1.85. The molecule has 1 aromatic rings. The number of nitrogens with two attached hydrogens (primary N) is 1. The van der Waals surface area contributed by atoms with Crippen molar-refractivity contribution in [3.63, 3.8) is 0 Å². The highest BCUT2D eigenvalue weighted by Crippen LogP contribution is 2.34. The van der Waals surface area contributed by atoms with E-state index in [0.717, 1.165) is 24.1 Å². The van der Waals surface area contributed by atoms with E-state index in [0.29, 0.717) is 19.1 Å². The van der Waals surface area contributed by atoms with Crippen molar-refractivity contribution in [2.24, 2.45) is 11.7 Å². The number of anilines is 1. The fraction of sp³-hybridized carbons (Fsp3) is 0.533. The molecule has 0 aromatic heterocycles. The molecular formula is C15H20N2O2. The molecule has 0 saturated carbocycles. The summed E-state index contributed by atoms with van der Waals surface area (Å²) in [7, 11) is 0. The Kier molecular flexibility index (Phi) is 3.29. The molecular weight excluding hydrogens is 240 g/mol. The zero-order valence-electron chi connectivity index (χ0n) is 11.2. The number of carbonyl (C=O) groups is 1. The zero-order chi connectivity index (χ0) is 13.4. The molecule has 1 amide bonds. The van der Waals surface area contributed by atoms with Crippen LogP contribution in [0.15, 0.2) is 24.3 Å². The van der Waals surface area contributed by atoms with Crippen molar-refractivity contribution in [2.75, 3.05) is 18.1 Å². The monoisotopic (exact) mass is 260 g/mol. The fourth-order valence-corrected chi connectivity index (χ4v) is 2.98. The average molecular weight is 260 g/mol. The van der Waals surface area contributed by atoms with Gasteiger partial charge in [-0.05, 0) is 30.4 Å². The second-order valence-electron chi connectivity index (χ2n) is 5.50. The van der Waals surface area contributed by atoms with Crippen molar-refractivity contribution in [1.82, 2.24) is 0 Å². The Labute approximate surface area is 113 Å². The molecule has 2 aliphatic rings. The molecule has 1 saturated heterocycles. The standard InChI is InChI=1S/C15H20N2O2/c1-10-7-9-19-14(10)15(18)17-8-6-12(16)11-4-2-3-5-13(11)17/h2-5,10,12,14H,6-9,16H2,1H3. The molecule has 0 aliphatic carbocycles. The number of hydrogen-bond donors (Lipinski definition) is 1. The van der Waals surface area contributed by atoms with Crippen LogP contribution in [0.2, 0.25) is 0 Å². The molecule has 19 heavy (non-hydrogen) atoms. The van der Waals surface area contributed by atoms with Crippen LogP contribution >= 0.6 is 0 Å². The van der Waals surface area contributed by atoms with Gasteiger partial charge in [0.2, 0.25) is 0 Å². The van der Waals surface area contributed by atoms with Crippen LogP contribution in [0, 0.1) is 5.92 Å². The van der Waals surface area contributed by atoms with Crippen LogP contribution in [0.1, 0.15) is 31.4 Å². The Morgan fingerprint density at radius 3 is 2.89 bits per heavy atom. The largest absolute Gasteiger partial charge is 0.368 e. The molecule has 3 unspecified atom stereocenters. The number of amides is 1. The lowest BCUT2D eigenvalue weighted by Crippen LogP contribution is -2.45. The van der Waals surface area contributed by atoms with E-state index in [2.05, 4.69) is 6.92 Å². The zero-order valence-corrected chi connectivity index (χ0v) is 11.2. The minimum Gasteiger partial charge on any atom is -0.368 e. The molecule has 1 fully saturated rings. The van der Waals surface area contributed by atoms with E-state index in [1.807, 2.05) is 29.2 Å². The molecule has 1 aromatic carbocycles. The molecule has 4 nitrogen and oxygen atoms in total. The van der Waals surface area contributed by atoms with Crippen LogP contribution in [0.5, 0.6) is 0 Å². The van der Waals surface area contributed by atoms with Gasteiger partial charge in [-0.25, -0.2) is 0 Å². The van der Waals surface area contributed by atoms with Crippen LogP contribution in [-0.2, 0) is 9.53 Å². The Hall–Kier alpha value is -1.39. The van der Waals surface area contributed by atoms with Crippen molar-refractivity contribution in [3.05, 3.63) is 29.8 Å². The van der Waals surface area contributed by atoms with Crippen LogP contribution in [-0.4, -0.2) is 25.2 Å². The van der Waals surface area contributed by atoms with Crippen molar-refractivity contribution in [3.8, 4) is 0 Å². The first-order valence-electron chi connectivity index (χ1n) is 6.96. The normalized spacial score (nSPS) is 30.2. The minimum absolute atomic E-state index is 0.0298. The van der Waals surface area contributed by atoms with Gasteiger partial charge in [0, 0.05) is 24.9 Å². The summed E-state index contributed by atoms with van der Waals surface area (Å²) in [6.45, 7) is 3.45. The number of rotatable bonds is 1. The Balaban J connectivity index is 1.90. The Morgan fingerprint density at radius 1 is 1.37 bits per heavy atom. The van der Waals surface area contributed by atoms with Gasteiger partial charge in [0.1, 0.15) is 6.10 Å². The SMILES string of the molecule is CC1CCOC1C(=O)N1CCC(N)c2ccccc21. The molecule has 3 rings (SSSR count). The van der Waals surface area contributed by atoms with E-state index in [9.17, 15) is 4.79 Å². The van der Waals surface area contributed by atoms with Gasteiger partial charge < -0.3 is 15.4 Å². The van der Waals surface area contributed by atoms with Crippen molar-refractivity contribution in [2.45, 2.75) is 31.9 Å². The summed E-state index contributed by atoms with van der Waals surface area (Å²) < 4.78 is 5.60. The first-order valence-corrected chi connectivity index (χ1v) is 6.96. The molecule has 102 valence electrons. The summed E-state index contributed by atoms with van der Waals surface area (Å²) in [4.78, 5) is 14.5. The topological polar surface area (TPSA) is 55.6 Å². The van der Waals surface area contributed by atoms with Crippen molar-refractivity contribution in [1.29, 1.82) is 0 Å². The summed E-state index contributed by atoms with van der Waals surface area (Å²) in [5.74, 6) is 0.389. The number of benzene rings is 1. The Morgan fingerprint density at radius 2 is 2.16 bits per heavy atom. The molecule has 2 N–H and O–H groups in total. The van der Waals surface area contributed by atoms with E-state index in [-0.39, 0.29) is 18.1 Å². The maximum atomic E-state index is 12.6. The summed E-state index contributed by atoms with van der Waals surface area (Å²) in [5, 5.41) is 0. The molecule has 4 heteroatoms. The van der Waals surface area contributed by atoms with Gasteiger partial charge in [0.15, 0.2) is 0 Å². The first-order chi connectivity index (χ1) is 9.18. The lowest BCUT2D eigenvalue weighted by atomic mass is 9.95. The number of para-hydroxylation sites is 1. The van der Waals surface area contributed by atoms with Gasteiger partial charge in [0.05, 0.1) is 0 Å².